The Kier molecular flexibility index (Phi) is 3.29. The summed E-state index contributed by atoms with van der Waals surface area (Å²) in [5, 5.41) is 0. The fraction of sp³-hybridized carbons (Fsp3) is 0.176. The van der Waals surface area contributed by atoms with Crippen LogP contribution in [0.4, 0.5) is 10.1 Å². The molecule has 0 fully saturated rings. The van der Waals surface area contributed by atoms with Crippen LogP contribution >= 0.6 is 0 Å². The molecule has 3 nitrogen and oxygen atoms in total. The van der Waals surface area contributed by atoms with E-state index < -0.39 is 17.5 Å². The lowest BCUT2D eigenvalue weighted by Crippen LogP contribution is -2.29. The van der Waals surface area contributed by atoms with Crippen LogP contribution in [0.2, 0.25) is 0 Å². The van der Waals surface area contributed by atoms with Gasteiger partial charge in [0.2, 0.25) is 0 Å². The summed E-state index contributed by atoms with van der Waals surface area (Å²) in [6, 6.07) is 11.6. The van der Waals surface area contributed by atoms with Gasteiger partial charge in [-0.15, -0.1) is 0 Å². The number of amides is 1. The van der Waals surface area contributed by atoms with Crippen molar-refractivity contribution in [3.05, 3.63) is 65.0 Å². The van der Waals surface area contributed by atoms with Gasteiger partial charge in [0.05, 0.1) is 17.8 Å². The highest BCUT2D eigenvalue weighted by Gasteiger charge is 2.35. The van der Waals surface area contributed by atoms with Crippen LogP contribution < -0.4 is 4.90 Å². The molecule has 1 aliphatic heterocycles. The quantitative estimate of drug-likeness (QED) is 0.812. The third kappa shape index (κ3) is 2.33. The molecule has 0 aromatic heterocycles. The summed E-state index contributed by atoms with van der Waals surface area (Å²) in [6.45, 7) is 2.34. The number of benzene rings is 2. The van der Waals surface area contributed by atoms with Crippen LogP contribution in [-0.4, -0.2) is 11.7 Å². The van der Waals surface area contributed by atoms with Crippen LogP contribution in [-0.2, 0) is 17.8 Å². The maximum absolute atomic E-state index is 13.4. The lowest BCUT2D eigenvalue weighted by Gasteiger charge is -2.16. The highest BCUT2D eigenvalue weighted by molar-refractivity contribution is 6.52. The van der Waals surface area contributed by atoms with Gasteiger partial charge >= 0.3 is 0 Å². The first-order chi connectivity index (χ1) is 10.1. The summed E-state index contributed by atoms with van der Waals surface area (Å²) in [6.07, 6.45) is 0.940. The summed E-state index contributed by atoms with van der Waals surface area (Å²) >= 11 is 0. The molecule has 0 atom stereocenters. The number of fused-ring (bicyclic) bond motifs is 1. The standard InChI is InChI=1S/C17H14FNO2/c1-2-11-3-5-12(6-4-11)10-19-15-9-13(18)7-8-14(15)16(20)17(19)21/h3-9H,2,10H2,1H3. The Hall–Kier alpha value is -2.49. The molecule has 0 aliphatic carbocycles. The Labute approximate surface area is 122 Å². The fourth-order valence-electron chi connectivity index (χ4n) is 2.49. The van der Waals surface area contributed by atoms with E-state index in [4.69, 9.17) is 0 Å². The second-order valence-electron chi connectivity index (χ2n) is 5.05. The molecule has 0 unspecified atom stereocenters. The smallest absolute Gasteiger partial charge is 0.299 e. The van der Waals surface area contributed by atoms with Crippen molar-refractivity contribution in [2.75, 3.05) is 4.90 Å². The van der Waals surface area contributed by atoms with E-state index in [1.165, 1.54) is 28.7 Å². The Morgan fingerprint density at radius 1 is 1.00 bits per heavy atom. The lowest BCUT2D eigenvalue weighted by atomic mass is 10.1. The van der Waals surface area contributed by atoms with Gasteiger partial charge in [0.25, 0.3) is 11.7 Å². The summed E-state index contributed by atoms with van der Waals surface area (Å²) in [7, 11) is 0. The van der Waals surface area contributed by atoms with Crippen molar-refractivity contribution in [1.29, 1.82) is 0 Å². The molecule has 3 rings (SSSR count). The molecule has 0 saturated heterocycles. The van der Waals surface area contributed by atoms with Crippen molar-refractivity contribution >= 4 is 17.4 Å². The van der Waals surface area contributed by atoms with Gasteiger partial charge in [-0.1, -0.05) is 31.2 Å². The number of ketones is 1. The van der Waals surface area contributed by atoms with Gasteiger partial charge in [-0.3, -0.25) is 9.59 Å². The van der Waals surface area contributed by atoms with Gasteiger partial charge in [0.15, 0.2) is 0 Å². The van der Waals surface area contributed by atoms with Crippen LogP contribution in [0.3, 0.4) is 0 Å². The maximum Gasteiger partial charge on any atom is 0.299 e. The van der Waals surface area contributed by atoms with E-state index >= 15 is 0 Å². The Morgan fingerprint density at radius 3 is 2.33 bits per heavy atom. The normalized spacial score (nSPS) is 13.7. The first kappa shape index (κ1) is 13.5. The Balaban J connectivity index is 1.93. The minimum atomic E-state index is -0.602. The van der Waals surface area contributed by atoms with Gasteiger partial charge in [0, 0.05) is 0 Å². The number of carbonyl (C=O) groups is 2. The van der Waals surface area contributed by atoms with E-state index in [9.17, 15) is 14.0 Å². The molecule has 2 aromatic carbocycles. The molecule has 1 amide bonds. The van der Waals surface area contributed by atoms with Gasteiger partial charge in [0.1, 0.15) is 5.82 Å². The molecule has 0 radical (unpaired) electrons. The number of halogens is 1. The number of anilines is 1. The fourth-order valence-corrected chi connectivity index (χ4v) is 2.49. The van der Waals surface area contributed by atoms with Crippen LogP contribution in [0.25, 0.3) is 0 Å². The monoisotopic (exact) mass is 283 g/mol. The molecule has 1 heterocycles. The zero-order valence-electron chi connectivity index (χ0n) is 11.6. The van der Waals surface area contributed by atoms with E-state index in [1.54, 1.807) is 0 Å². The number of hydrogen-bond donors (Lipinski definition) is 0. The minimum Gasteiger partial charge on any atom is -0.300 e. The molecule has 0 bridgehead atoms. The molecular weight excluding hydrogens is 269 g/mol. The van der Waals surface area contributed by atoms with Gasteiger partial charge in [-0.25, -0.2) is 4.39 Å². The molecule has 0 saturated carbocycles. The number of hydrogen-bond acceptors (Lipinski definition) is 2. The van der Waals surface area contributed by atoms with Crippen LogP contribution in [0.5, 0.6) is 0 Å². The Morgan fingerprint density at radius 2 is 1.67 bits per heavy atom. The third-order valence-electron chi connectivity index (χ3n) is 3.71. The van der Waals surface area contributed by atoms with E-state index in [-0.39, 0.29) is 12.1 Å². The zero-order valence-corrected chi connectivity index (χ0v) is 11.6. The van der Waals surface area contributed by atoms with Crippen molar-refractivity contribution in [2.24, 2.45) is 0 Å². The number of aryl methyl sites for hydroxylation is 1. The minimum absolute atomic E-state index is 0.269. The second kappa shape index (κ2) is 5.13. The largest absolute Gasteiger partial charge is 0.300 e. The summed E-state index contributed by atoms with van der Waals surface area (Å²) in [5.74, 6) is -1.63. The molecule has 4 heteroatoms. The number of Topliss-reactive ketones (excluding diaryl/α,β-unsaturated/α-hetero) is 1. The van der Waals surface area contributed by atoms with Crippen molar-refractivity contribution < 1.29 is 14.0 Å². The van der Waals surface area contributed by atoms with E-state index in [0.717, 1.165) is 12.0 Å². The molecule has 0 N–H and O–H groups in total. The van der Waals surface area contributed by atoms with Crippen molar-refractivity contribution in [2.45, 2.75) is 19.9 Å². The second-order valence-corrected chi connectivity index (χ2v) is 5.05. The lowest BCUT2D eigenvalue weighted by molar-refractivity contribution is -0.114. The predicted octanol–water partition coefficient (Wildman–Crippen LogP) is 3.12. The Bertz CT molecular complexity index is 722. The molecule has 2 aromatic rings. The predicted molar refractivity (Wildman–Crippen MR) is 77.7 cm³/mol. The number of nitrogens with zero attached hydrogens (tertiary/aromatic N) is 1. The first-order valence-electron chi connectivity index (χ1n) is 6.83. The highest BCUT2D eigenvalue weighted by atomic mass is 19.1. The summed E-state index contributed by atoms with van der Waals surface area (Å²) < 4.78 is 13.4. The van der Waals surface area contributed by atoms with Gasteiger partial charge < -0.3 is 4.90 Å². The third-order valence-corrected chi connectivity index (χ3v) is 3.71. The van der Waals surface area contributed by atoms with Gasteiger partial charge in [-0.05, 0) is 35.7 Å². The summed E-state index contributed by atoms with van der Waals surface area (Å²) in [4.78, 5) is 25.3. The SMILES string of the molecule is CCc1ccc(CN2C(=O)C(=O)c3ccc(F)cc32)cc1. The molecule has 106 valence electrons. The van der Waals surface area contributed by atoms with Gasteiger partial charge in [-0.2, -0.15) is 0 Å². The van der Waals surface area contributed by atoms with Crippen molar-refractivity contribution in [3.8, 4) is 0 Å². The van der Waals surface area contributed by atoms with E-state index in [0.29, 0.717) is 5.69 Å². The molecular formula is C17H14FNO2. The summed E-state index contributed by atoms with van der Waals surface area (Å²) in [5.41, 5.74) is 2.73. The van der Waals surface area contributed by atoms with Crippen molar-refractivity contribution in [1.82, 2.24) is 0 Å². The first-order valence-corrected chi connectivity index (χ1v) is 6.83. The van der Waals surface area contributed by atoms with Crippen LogP contribution in [0.15, 0.2) is 42.5 Å². The van der Waals surface area contributed by atoms with Crippen LogP contribution in [0, 0.1) is 5.82 Å². The molecule has 21 heavy (non-hydrogen) atoms. The number of rotatable bonds is 3. The zero-order chi connectivity index (χ0) is 15.0. The van der Waals surface area contributed by atoms with Crippen LogP contribution in [0.1, 0.15) is 28.4 Å². The average molecular weight is 283 g/mol. The average Bonchev–Trinajstić information content (AvgIpc) is 2.73. The highest BCUT2D eigenvalue weighted by Crippen LogP contribution is 2.31. The molecule has 1 aliphatic rings. The van der Waals surface area contributed by atoms with Crippen molar-refractivity contribution in [3.63, 3.8) is 0 Å². The van der Waals surface area contributed by atoms with E-state index in [2.05, 4.69) is 6.92 Å². The maximum atomic E-state index is 13.4. The van der Waals surface area contributed by atoms with E-state index in [1.807, 2.05) is 24.3 Å². The topological polar surface area (TPSA) is 37.4 Å². The molecule has 0 spiro atoms. The number of carbonyl (C=O) groups excluding carboxylic acids is 2.